The first-order chi connectivity index (χ1) is 13.2. The van der Waals surface area contributed by atoms with E-state index in [1.165, 1.54) is 5.56 Å². The summed E-state index contributed by atoms with van der Waals surface area (Å²) < 4.78 is 7.11. The summed E-state index contributed by atoms with van der Waals surface area (Å²) in [6.45, 7) is 4.79. The number of aryl methyl sites for hydroxylation is 1. The van der Waals surface area contributed by atoms with Gasteiger partial charge in [-0.05, 0) is 24.3 Å². The summed E-state index contributed by atoms with van der Waals surface area (Å²) in [5, 5.41) is 4.25. The van der Waals surface area contributed by atoms with Crippen molar-refractivity contribution in [3.63, 3.8) is 0 Å². The Labute approximate surface area is 159 Å². The molecule has 1 aromatic carbocycles. The van der Waals surface area contributed by atoms with Crippen LogP contribution in [0.25, 0.3) is 11.3 Å². The van der Waals surface area contributed by atoms with Crippen LogP contribution in [-0.2, 0) is 13.6 Å². The largest absolute Gasteiger partial charge is 0.497 e. The first kappa shape index (κ1) is 17.5. The number of anilines is 1. The third-order valence-corrected chi connectivity index (χ3v) is 4.88. The molecule has 3 aromatic rings. The molecule has 0 amide bonds. The van der Waals surface area contributed by atoms with Gasteiger partial charge >= 0.3 is 0 Å². The van der Waals surface area contributed by atoms with Gasteiger partial charge in [0.1, 0.15) is 11.4 Å². The fourth-order valence-corrected chi connectivity index (χ4v) is 3.44. The third kappa shape index (κ3) is 3.93. The molecule has 0 radical (unpaired) electrons. The Hall–Kier alpha value is -2.93. The van der Waals surface area contributed by atoms with Crippen molar-refractivity contribution < 1.29 is 4.74 Å². The highest BCUT2D eigenvalue weighted by molar-refractivity contribution is 5.72. The molecule has 1 aliphatic rings. The molecule has 1 saturated heterocycles. The van der Waals surface area contributed by atoms with Gasteiger partial charge in [0.15, 0.2) is 5.82 Å². The summed E-state index contributed by atoms with van der Waals surface area (Å²) in [5.74, 6) is 1.79. The fraction of sp³-hybridized carbons (Fsp3) is 0.350. The normalized spacial score (nSPS) is 15.1. The first-order valence-corrected chi connectivity index (χ1v) is 9.13. The number of nitrogens with zero attached hydrogens (tertiary/aromatic N) is 6. The Morgan fingerprint density at radius 3 is 2.41 bits per heavy atom. The molecule has 0 spiro atoms. The summed E-state index contributed by atoms with van der Waals surface area (Å²) in [4.78, 5) is 14.0. The lowest BCUT2D eigenvalue weighted by Gasteiger charge is -2.35. The van der Waals surface area contributed by atoms with E-state index in [-0.39, 0.29) is 0 Å². The van der Waals surface area contributed by atoms with Gasteiger partial charge in [-0.3, -0.25) is 14.6 Å². The lowest BCUT2D eigenvalue weighted by atomic mass is 10.1. The second-order valence-corrected chi connectivity index (χ2v) is 6.74. The molecule has 7 nitrogen and oxygen atoms in total. The summed E-state index contributed by atoms with van der Waals surface area (Å²) in [6.07, 6.45) is 7.54. The predicted molar refractivity (Wildman–Crippen MR) is 105 cm³/mol. The van der Waals surface area contributed by atoms with Crippen molar-refractivity contribution >= 4 is 5.82 Å². The smallest absolute Gasteiger partial charge is 0.155 e. The van der Waals surface area contributed by atoms with Crippen LogP contribution in [0, 0.1) is 0 Å². The second-order valence-electron chi connectivity index (χ2n) is 6.74. The van der Waals surface area contributed by atoms with Crippen LogP contribution in [0.4, 0.5) is 5.82 Å². The number of aromatic nitrogens is 4. The maximum absolute atomic E-state index is 5.26. The average molecular weight is 364 g/mol. The van der Waals surface area contributed by atoms with E-state index in [0.29, 0.717) is 0 Å². The number of methoxy groups -OCH3 is 1. The van der Waals surface area contributed by atoms with Crippen LogP contribution in [0.3, 0.4) is 0 Å². The van der Waals surface area contributed by atoms with E-state index < -0.39 is 0 Å². The quantitative estimate of drug-likeness (QED) is 0.692. The molecule has 27 heavy (non-hydrogen) atoms. The van der Waals surface area contributed by atoms with E-state index in [2.05, 4.69) is 31.1 Å². The number of piperazine rings is 1. The van der Waals surface area contributed by atoms with Crippen molar-refractivity contribution in [3.8, 4) is 17.0 Å². The van der Waals surface area contributed by atoms with Crippen molar-refractivity contribution in [1.29, 1.82) is 0 Å². The zero-order valence-electron chi connectivity index (χ0n) is 15.7. The third-order valence-electron chi connectivity index (χ3n) is 4.88. The number of hydrogen-bond acceptors (Lipinski definition) is 6. The molecule has 7 heteroatoms. The number of rotatable bonds is 5. The molecule has 140 valence electrons. The van der Waals surface area contributed by atoms with Crippen LogP contribution in [0.15, 0.2) is 49.1 Å². The Morgan fingerprint density at radius 1 is 1.00 bits per heavy atom. The van der Waals surface area contributed by atoms with E-state index in [4.69, 9.17) is 4.74 Å². The lowest BCUT2D eigenvalue weighted by Crippen LogP contribution is -2.46. The molecule has 4 rings (SSSR count). The van der Waals surface area contributed by atoms with Gasteiger partial charge in [0, 0.05) is 69.5 Å². The summed E-state index contributed by atoms with van der Waals surface area (Å²) in [6, 6.07) is 7.98. The Bertz CT molecular complexity index is 883. The summed E-state index contributed by atoms with van der Waals surface area (Å²) >= 11 is 0. The Balaban J connectivity index is 1.46. The van der Waals surface area contributed by atoms with Crippen molar-refractivity contribution in [2.24, 2.45) is 7.05 Å². The molecular formula is C20H24N6O. The minimum atomic E-state index is 0.841. The monoisotopic (exact) mass is 364 g/mol. The highest BCUT2D eigenvalue weighted by atomic mass is 16.5. The van der Waals surface area contributed by atoms with E-state index >= 15 is 0 Å². The summed E-state index contributed by atoms with van der Waals surface area (Å²) in [5.41, 5.74) is 3.22. The molecule has 0 saturated carbocycles. The molecular weight excluding hydrogens is 340 g/mol. The van der Waals surface area contributed by atoms with Gasteiger partial charge in [0.25, 0.3) is 0 Å². The van der Waals surface area contributed by atoms with E-state index in [1.54, 1.807) is 19.5 Å². The predicted octanol–water partition coefficient (Wildman–Crippen LogP) is 2.21. The molecule has 0 aliphatic carbocycles. The minimum absolute atomic E-state index is 0.841. The van der Waals surface area contributed by atoms with Crippen LogP contribution in [0.2, 0.25) is 0 Å². The van der Waals surface area contributed by atoms with Crippen LogP contribution in [0.5, 0.6) is 5.75 Å². The molecule has 0 atom stereocenters. The number of ether oxygens (including phenoxy) is 1. The molecule has 0 N–H and O–H groups in total. The van der Waals surface area contributed by atoms with Crippen molar-refractivity contribution in [1.82, 2.24) is 24.6 Å². The Morgan fingerprint density at radius 2 is 1.74 bits per heavy atom. The highest BCUT2D eigenvalue weighted by Gasteiger charge is 2.21. The van der Waals surface area contributed by atoms with Gasteiger partial charge in [-0.25, -0.2) is 4.98 Å². The lowest BCUT2D eigenvalue weighted by molar-refractivity contribution is 0.249. The topological polar surface area (TPSA) is 59.3 Å². The van der Waals surface area contributed by atoms with Gasteiger partial charge in [-0.15, -0.1) is 0 Å². The van der Waals surface area contributed by atoms with Gasteiger partial charge in [0.05, 0.1) is 13.3 Å². The average Bonchev–Trinajstić information content (AvgIpc) is 3.13. The molecule has 2 aromatic heterocycles. The van der Waals surface area contributed by atoms with Gasteiger partial charge in [0.2, 0.25) is 0 Å². The van der Waals surface area contributed by atoms with E-state index in [9.17, 15) is 0 Å². The van der Waals surface area contributed by atoms with Crippen molar-refractivity contribution in [2.75, 3.05) is 38.2 Å². The van der Waals surface area contributed by atoms with Crippen LogP contribution in [0.1, 0.15) is 5.56 Å². The van der Waals surface area contributed by atoms with Crippen molar-refractivity contribution in [2.45, 2.75) is 6.54 Å². The standard InChI is InChI=1S/C20H24N6O/c1-24-14-16(13-23-24)15-25-9-11-26(12-10-25)20-19(21-7-8-22-20)17-3-5-18(27-2)6-4-17/h3-8,13-14H,9-12,15H2,1-2H3. The van der Waals surface area contributed by atoms with Gasteiger partial charge < -0.3 is 9.64 Å². The van der Waals surface area contributed by atoms with Gasteiger partial charge in [-0.1, -0.05) is 0 Å². The van der Waals surface area contributed by atoms with E-state index in [0.717, 1.165) is 55.5 Å². The Kier molecular flexibility index (Phi) is 5.02. The van der Waals surface area contributed by atoms with Crippen LogP contribution < -0.4 is 9.64 Å². The SMILES string of the molecule is COc1ccc(-c2nccnc2N2CCN(Cc3cnn(C)c3)CC2)cc1. The molecule has 1 aliphatic heterocycles. The zero-order chi connectivity index (χ0) is 18.6. The number of hydrogen-bond donors (Lipinski definition) is 0. The second kappa shape index (κ2) is 7.75. The van der Waals surface area contributed by atoms with Gasteiger partial charge in [-0.2, -0.15) is 5.10 Å². The first-order valence-electron chi connectivity index (χ1n) is 9.13. The molecule has 1 fully saturated rings. The minimum Gasteiger partial charge on any atom is -0.497 e. The van der Waals surface area contributed by atoms with Crippen LogP contribution >= 0.6 is 0 Å². The van der Waals surface area contributed by atoms with E-state index in [1.807, 2.05) is 42.2 Å². The maximum Gasteiger partial charge on any atom is 0.155 e. The highest BCUT2D eigenvalue weighted by Crippen LogP contribution is 2.28. The molecule has 0 bridgehead atoms. The maximum atomic E-state index is 5.26. The van der Waals surface area contributed by atoms with Crippen molar-refractivity contribution in [3.05, 3.63) is 54.6 Å². The zero-order valence-corrected chi connectivity index (χ0v) is 15.7. The summed E-state index contributed by atoms with van der Waals surface area (Å²) in [7, 11) is 3.63. The number of benzene rings is 1. The molecule has 3 heterocycles. The van der Waals surface area contributed by atoms with Crippen LogP contribution in [-0.4, -0.2) is 57.9 Å². The molecule has 0 unspecified atom stereocenters. The fourth-order valence-electron chi connectivity index (χ4n) is 3.44.